The Balaban J connectivity index is 2.04. The molecule has 2 aromatic carbocycles. The van der Waals surface area contributed by atoms with Crippen LogP contribution in [0.1, 0.15) is 23.7 Å². The van der Waals surface area contributed by atoms with Crippen molar-refractivity contribution >= 4 is 17.5 Å². The third kappa shape index (κ3) is 3.70. The SMILES string of the molecule is CCCOc1nc(-c2ccccc2Cl)n(C(=O)c2ccc(OC)cc2)n1. The zero-order chi connectivity index (χ0) is 18.5. The second kappa shape index (κ2) is 8.01. The van der Waals surface area contributed by atoms with Crippen molar-refractivity contribution in [2.45, 2.75) is 13.3 Å². The second-order valence-electron chi connectivity index (χ2n) is 5.49. The molecule has 7 heteroatoms. The normalized spacial score (nSPS) is 10.6. The summed E-state index contributed by atoms with van der Waals surface area (Å²) in [7, 11) is 1.57. The minimum atomic E-state index is -0.332. The lowest BCUT2D eigenvalue weighted by atomic mass is 10.2. The first kappa shape index (κ1) is 17.9. The lowest BCUT2D eigenvalue weighted by Crippen LogP contribution is -2.15. The van der Waals surface area contributed by atoms with E-state index >= 15 is 0 Å². The number of benzene rings is 2. The molecule has 0 bridgehead atoms. The molecule has 0 N–H and O–H groups in total. The first-order valence-corrected chi connectivity index (χ1v) is 8.55. The summed E-state index contributed by atoms with van der Waals surface area (Å²) in [5.74, 6) is 0.669. The molecule has 1 aromatic heterocycles. The highest BCUT2D eigenvalue weighted by molar-refractivity contribution is 6.33. The molecule has 0 spiro atoms. The van der Waals surface area contributed by atoms with Gasteiger partial charge in [0.2, 0.25) is 0 Å². The van der Waals surface area contributed by atoms with Gasteiger partial charge in [-0.2, -0.15) is 9.67 Å². The number of ether oxygens (including phenoxy) is 2. The fraction of sp³-hybridized carbons (Fsp3) is 0.211. The van der Waals surface area contributed by atoms with Crippen molar-refractivity contribution in [1.29, 1.82) is 0 Å². The summed E-state index contributed by atoms with van der Waals surface area (Å²) >= 11 is 6.28. The van der Waals surface area contributed by atoms with Crippen molar-refractivity contribution in [3.63, 3.8) is 0 Å². The molecule has 0 atom stereocenters. The first-order chi connectivity index (χ1) is 12.6. The van der Waals surface area contributed by atoms with Crippen LogP contribution in [0.5, 0.6) is 11.8 Å². The maximum absolute atomic E-state index is 13.0. The van der Waals surface area contributed by atoms with E-state index in [0.717, 1.165) is 6.42 Å². The van der Waals surface area contributed by atoms with Crippen molar-refractivity contribution in [3.05, 3.63) is 59.1 Å². The van der Waals surface area contributed by atoms with Crippen LogP contribution in [0.25, 0.3) is 11.4 Å². The van der Waals surface area contributed by atoms with Crippen molar-refractivity contribution < 1.29 is 14.3 Å². The highest BCUT2D eigenvalue weighted by Gasteiger charge is 2.21. The molecule has 26 heavy (non-hydrogen) atoms. The molecule has 134 valence electrons. The van der Waals surface area contributed by atoms with Crippen molar-refractivity contribution in [2.24, 2.45) is 0 Å². The molecule has 0 unspecified atom stereocenters. The third-order valence-corrected chi connectivity index (χ3v) is 4.00. The Labute approximate surface area is 156 Å². The van der Waals surface area contributed by atoms with E-state index in [0.29, 0.717) is 34.3 Å². The van der Waals surface area contributed by atoms with E-state index in [1.54, 1.807) is 43.5 Å². The highest BCUT2D eigenvalue weighted by atomic mass is 35.5. The minimum absolute atomic E-state index is 0.142. The molecule has 0 radical (unpaired) electrons. The van der Waals surface area contributed by atoms with Crippen LogP contribution in [0.4, 0.5) is 0 Å². The zero-order valence-electron chi connectivity index (χ0n) is 14.5. The number of hydrogen-bond donors (Lipinski definition) is 0. The summed E-state index contributed by atoms with van der Waals surface area (Å²) in [4.78, 5) is 17.3. The van der Waals surface area contributed by atoms with Gasteiger partial charge in [-0.1, -0.05) is 30.7 Å². The summed E-state index contributed by atoms with van der Waals surface area (Å²) < 4.78 is 11.8. The number of hydrogen-bond acceptors (Lipinski definition) is 5. The lowest BCUT2D eigenvalue weighted by Gasteiger charge is -2.06. The predicted octanol–water partition coefficient (Wildman–Crippen LogP) is 4.08. The molecule has 6 nitrogen and oxygen atoms in total. The summed E-state index contributed by atoms with van der Waals surface area (Å²) in [6, 6.07) is 14.1. The van der Waals surface area contributed by atoms with Gasteiger partial charge in [-0.15, -0.1) is 5.10 Å². The Bertz CT molecular complexity index is 907. The van der Waals surface area contributed by atoms with Gasteiger partial charge >= 0.3 is 6.01 Å². The summed E-state index contributed by atoms with van der Waals surface area (Å²) in [5.41, 5.74) is 1.06. The number of nitrogens with zero attached hydrogens (tertiary/aromatic N) is 3. The van der Waals surface area contributed by atoms with Gasteiger partial charge in [0.15, 0.2) is 5.82 Å². The molecule has 3 rings (SSSR count). The van der Waals surface area contributed by atoms with Gasteiger partial charge in [0, 0.05) is 11.1 Å². The Hall–Kier alpha value is -2.86. The molecular formula is C19H18ClN3O3. The fourth-order valence-corrected chi connectivity index (χ4v) is 2.58. The van der Waals surface area contributed by atoms with Crippen LogP contribution < -0.4 is 9.47 Å². The number of aromatic nitrogens is 3. The van der Waals surface area contributed by atoms with E-state index in [1.165, 1.54) is 4.68 Å². The van der Waals surface area contributed by atoms with Crippen LogP contribution in [0.3, 0.4) is 0 Å². The largest absolute Gasteiger partial charge is 0.497 e. The minimum Gasteiger partial charge on any atom is -0.497 e. The fourth-order valence-electron chi connectivity index (χ4n) is 2.36. The maximum atomic E-state index is 13.0. The van der Waals surface area contributed by atoms with Crippen molar-refractivity contribution in [1.82, 2.24) is 14.8 Å². The Kier molecular flexibility index (Phi) is 5.53. The lowest BCUT2D eigenvalue weighted by molar-refractivity contribution is 0.0944. The second-order valence-corrected chi connectivity index (χ2v) is 5.90. The zero-order valence-corrected chi connectivity index (χ0v) is 15.2. The number of methoxy groups -OCH3 is 1. The maximum Gasteiger partial charge on any atom is 0.336 e. The number of rotatable bonds is 6. The van der Waals surface area contributed by atoms with E-state index in [9.17, 15) is 4.79 Å². The number of carbonyl (C=O) groups excluding carboxylic acids is 1. The predicted molar refractivity (Wildman–Crippen MR) is 99.0 cm³/mol. The van der Waals surface area contributed by atoms with Gasteiger partial charge in [-0.05, 0) is 42.8 Å². The molecule has 0 aliphatic heterocycles. The smallest absolute Gasteiger partial charge is 0.336 e. The van der Waals surface area contributed by atoms with Gasteiger partial charge < -0.3 is 9.47 Å². The molecule has 0 aliphatic carbocycles. The number of halogens is 1. The molecule has 0 saturated heterocycles. The average Bonchev–Trinajstić information content (AvgIpc) is 3.10. The van der Waals surface area contributed by atoms with Crippen LogP contribution in [-0.4, -0.2) is 34.4 Å². The number of carbonyl (C=O) groups is 1. The Morgan fingerprint density at radius 1 is 1.15 bits per heavy atom. The van der Waals surface area contributed by atoms with Gasteiger partial charge in [-0.25, -0.2) is 0 Å². The molecule has 0 fully saturated rings. The molecular weight excluding hydrogens is 354 g/mol. The van der Waals surface area contributed by atoms with Gasteiger partial charge in [0.25, 0.3) is 5.91 Å². The molecule has 3 aromatic rings. The van der Waals surface area contributed by atoms with Crippen LogP contribution in [0.2, 0.25) is 5.02 Å². The molecule has 0 amide bonds. The van der Waals surface area contributed by atoms with Crippen molar-refractivity contribution in [2.75, 3.05) is 13.7 Å². The monoisotopic (exact) mass is 371 g/mol. The first-order valence-electron chi connectivity index (χ1n) is 8.17. The van der Waals surface area contributed by atoms with Crippen LogP contribution in [0.15, 0.2) is 48.5 Å². The summed E-state index contributed by atoms with van der Waals surface area (Å²) in [5, 5.41) is 4.71. The van der Waals surface area contributed by atoms with Crippen LogP contribution in [-0.2, 0) is 0 Å². The topological polar surface area (TPSA) is 66.2 Å². The van der Waals surface area contributed by atoms with Crippen molar-refractivity contribution in [3.8, 4) is 23.1 Å². The molecule has 0 aliphatic rings. The Morgan fingerprint density at radius 2 is 1.88 bits per heavy atom. The quantitative estimate of drug-likeness (QED) is 0.653. The average molecular weight is 372 g/mol. The van der Waals surface area contributed by atoms with E-state index in [1.807, 2.05) is 19.1 Å². The summed E-state index contributed by atoms with van der Waals surface area (Å²) in [6.45, 7) is 2.44. The highest BCUT2D eigenvalue weighted by Crippen LogP contribution is 2.28. The van der Waals surface area contributed by atoms with Crippen LogP contribution >= 0.6 is 11.6 Å². The third-order valence-electron chi connectivity index (χ3n) is 3.67. The van der Waals surface area contributed by atoms with E-state index in [2.05, 4.69) is 10.1 Å². The van der Waals surface area contributed by atoms with Gasteiger partial charge in [0.05, 0.1) is 18.7 Å². The van der Waals surface area contributed by atoms with E-state index in [-0.39, 0.29) is 11.9 Å². The molecule has 0 saturated carbocycles. The summed E-state index contributed by atoms with van der Waals surface area (Å²) in [6.07, 6.45) is 0.808. The Morgan fingerprint density at radius 3 is 2.54 bits per heavy atom. The van der Waals surface area contributed by atoms with Gasteiger partial charge in [0.1, 0.15) is 5.75 Å². The van der Waals surface area contributed by atoms with E-state index < -0.39 is 0 Å². The van der Waals surface area contributed by atoms with Gasteiger partial charge in [-0.3, -0.25) is 4.79 Å². The van der Waals surface area contributed by atoms with Crippen LogP contribution in [0, 0.1) is 0 Å². The standard InChI is InChI=1S/C19H18ClN3O3/c1-3-12-26-19-21-17(15-6-4-5-7-16(15)20)23(22-19)18(24)13-8-10-14(25-2)11-9-13/h4-11H,3,12H2,1-2H3. The molecule has 1 heterocycles. The van der Waals surface area contributed by atoms with E-state index in [4.69, 9.17) is 21.1 Å².